The van der Waals surface area contributed by atoms with Gasteiger partial charge in [-0.25, -0.2) is 9.79 Å². The number of halogens is 1. The van der Waals surface area contributed by atoms with Crippen LogP contribution < -0.4 is 9.47 Å². The fraction of sp³-hybridized carbons (Fsp3) is 0.147. The van der Waals surface area contributed by atoms with E-state index in [0.717, 1.165) is 33.7 Å². The van der Waals surface area contributed by atoms with E-state index < -0.39 is 11.9 Å². The van der Waals surface area contributed by atoms with Crippen LogP contribution in [0.15, 0.2) is 105 Å². The summed E-state index contributed by atoms with van der Waals surface area (Å²) in [5.74, 6) is -0.611. The minimum atomic E-state index is -0.762. The van der Waals surface area contributed by atoms with Gasteiger partial charge in [0.05, 0.1) is 23.1 Å². The molecule has 0 radical (unpaired) electrons. The number of aliphatic imine (C=N–C) groups is 1. The Hall–Kier alpha value is -4.34. The van der Waals surface area contributed by atoms with Gasteiger partial charge in [0.1, 0.15) is 23.0 Å². The first-order valence-corrected chi connectivity index (χ1v) is 15.1. The number of benzene rings is 4. The Balaban J connectivity index is 1.45. The van der Waals surface area contributed by atoms with Crippen LogP contribution in [0.25, 0.3) is 16.8 Å². The average Bonchev–Trinajstić information content (AvgIpc) is 3.30. The molecule has 4 aromatic rings. The molecule has 0 fully saturated rings. The Morgan fingerprint density at radius 1 is 1.02 bits per heavy atom. The maximum Gasteiger partial charge on any atom is 0.344 e. The van der Waals surface area contributed by atoms with Crippen LogP contribution in [0.3, 0.4) is 0 Å². The van der Waals surface area contributed by atoms with Crippen LogP contribution in [0.2, 0.25) is 0 Å². The van der Waals surface area contributed by atoms with E-state index in [1.165, 1.54) is 0 Å². The number of aryl methyl sites for hydroxylation is 1. The maximum atomic E-state index is 12.9. The summed E-state index contributed by atoms with van der Waals surface area (Å²) in [4.78, 5) is 30.2. The number of thioether (sulfide) groups is 1. The highest BCUT2D eigenvalue weighted by Gasteiger charge is 2.34. The van der Waals surface area contributed by atoms with Gasteiger partial charge in [-0.05, 0) is 82.0 Å². The number of hydrogen-bond acceptors (Lipinski definition) is 7. The zero-order valence-electron chi connectivity index (χ0n) is 23.7. The van der Waals surface area contributed by atoms with Crippen molar-refractivity contribution in [3.8, 4) is 11.5 Å². The second kappa shape index (κ2) is 13.3. The molecule has 4 aromatic carbocycles. The van der Waals surface area contributed by atoms with Crippen molar-refractivity contribution in [1.29, 1.82) is 0 Å². The number of esters is 1. The van der Waals surface area contributed by atoms with Crippen LogP contribution >= 0.6 is 27.7 Å². The van der Waals surface area contributed by atoms with Gasteiger partial charge in [0.15, 0.2) is 11.5 Å². The lowest BCUT2D eigenvalue weighted by molar-refractivity contribution is -0.138. The van der Waals surface area contributed by atoms with E-state index in [9.17, 15) is 14.7 Å². The number of fused-ring (bicyclic) bond motifs is 1. The third kappa shape index (κ3) is 6.68. The predicted molar refractivity (Wildman–Crippen MR) is 174 cm³/mol. The zero-order valence-corrected chi connectivity index (χ0v) is 26.1. The number of aliphatic hydroxyl groups is 1. The quantitative estimate of drug-likeness (QED) is 0.191. The van der Waals surface area contributed by atoms with E-state index in [1.54, 1.807) is 50.4 Å². The molecule has 1 N–H and O–H groups in total. The topological polar surface area (TPSA) is 94.4 Å². The summed E-state index contributed by atoms with van der Waals surface area (Å²) >= 11 is 4.61. The van der Waals surface area contributed by atoms with Gasteiger partial charge in [-0.1, -0.05) is 71.9 Å². The van der Waals surface area contributed by atoms with Crippen LogP contribution in [0.1, 0.15) is 34.0 Å². The Bertz CT molecular complexity index is 1800. The van der Waals surface area contributed by atoms with Crippen molar-refractivity contribution >= 4 is 61.5 Å². The molecular formula is C34H28BrNO6S. The van der Waals surface area contributed by atoms with Gasteiger partial charge in [-0.3, -0.25) is 4.79 Å². The van der Waals surface area contributed by atoms with Crippen LogP contribution in [0.4, 0.5) is 0 Å². The first kappa shape index (κ1) is 30.1. The maximum absolute atomic E-state index is 12.9. The van der Waals surface area contributed by atoms with Gasteiger partial charge < -0.3 is 19.3 Å². The van der Waals surface area contributed by atoms with Crippen LogP contribution in [0.5, 0.6) is 11.5 Å². The molecule has 5 rings (SSSR count). The molecule has 0 saturated carbocycles. The molecule has 0 aliphatic carbocycles. The third-order valence-electron chi connectivity index (χ3n) is 6.67. The number of nitrogens with zero attached hydrogens (tertiary/aromatic N) is 1. The summed E-state index contributed by atoms with van der Waals surface area (Å²) < 4.78 is 17.7. The molecule has 0 saturated heterocycles. The normalized spacial score (nSPS) is 14.9. The van der Waals surface area contributed by atoms with Crippen molar-refractivity contribution in [2.24, 2.45) is 4.99 Å². The monoisotopic (exact) mass is 657 g/mol. The summed E-state index contributed by atoms with van der Waals surface area (Å²) in [6.45, 7) is 4.01. The van der Waals surface area contributed by atoms with E-state index >= 15 is 0 Å². The number of amides is 1. The van der Waals surface area contributed by atoms with Crippen LogP contribution in [-0.2, 0) is 16.1 Å². The lowest BCUT2D eigenvalue weighted by Crippen LogP contribution is -2.14. The molecule has 1 aliphatic rings. The lowest BCUT2D eigenvalue weighted by Gasteiger charge is -2.15. The van der Waals surface area contributed by atoms with Crippen molar-refractivity contribution in [1.82, 2.24) is 0 Å². The standard InChI is InChI=1S/C34H28BrNO6S/c1-4-41-34(39)29-30(37)28(43-33(29)36-32(38)23-14-12-20(2)13-15-23)18-21-16-26(35)31(27(17-21)40-3)42-19-24-10-7-9-22-8-5-6-11-25(22)24/h5-18,37H,4,19H2,1-3H3/b28-18-,36-33?. The molecule has 218 valence electrons. The fourth-order valence-corrected chi connectivity index (χ4v) is 6.11. The number of hydrogen-bond donors (Lipinski definition) is 1. The fourth-order valence-electron chi connectivity index (χ4n) is 4.53. The minimum Gasteiger partial charge on any atom is -0.506 e. The highest BCUT2D eigenvalue weighted by Crippen LogP contribution is 2.42. The van der Waals surface area contributed by atoms with Crippen molar-refractivity contribution in [2.45, 2.75) is 20.5 Å². The lowest BCUT2D eigenvalue weighted by atomic mass is 10.1. The summed E-state index contributed by atoms with van der Waals surface area (Å²) in [5, 5.41) is 13.4. The molecule has 0 spiro atoms. The second-order valence-corrected chi connectivity index (χ2v) is 11.5. The zero-order chi connectivity index (χ0) is 30.5. The predicted octanol–water partition coefficient (Wildman–Crippen LogP) is 8.20. The molecule has 9 heteroatoms. The molecule has 0 unspecified atom stereocenters. The molecule has 43 heavy (non-hydrogen) atoms. The van der Waals surface area contributed by atoms with E-state index in [2.05, 4.69) is 39.1 Å². The SMILES string of the molecule is CCOC(=O)C1=C(O)/C(=C/c2cc(Br)c(OCc3cccc4ccccc34)c(OC)c2)SC1=NC(=O)c1ccc(C)cc1. The van der Waals surface area contributed by atoms with Gasteiger partial charge in [0.2, 0.25) is 0 Å². The van der Waals surface area contributed by atoms with Gasteiger partial charge in [0, 0.05) is 5.56 Å². The number of aliphatic hydroxyl groups excluding tert-OH is 1. The molecule has 7 nitrogen and oxygen atoms in total. The van der Waals surface area contributed by atoms with E-state index in [1.807, 2.05) is 37.3 Å². The summed E-state index contributed by atoms with van der Waals surface area (Å²) in [6, 6.07) is 24.7. The molecule has 0 bridgehead atoms. The Morgan fingerprint density at radius 3 is 2.51 bits per heavy atom. The number of carbonyl (C=O) groups is 2. The van der Waals surface area contributed by atoms with E-state index in [0.29, 0.717) is 38.6 Å². The Kier molecular flexibility index (Phi) is 9.33. The van der Waals surface area contributed by atoms with E-state index in [4.69, 9.17) is 14.2 Å². The highest BCUT2D eigenvalue weighted by atomic mass is 79.9. The Morgan fingerprint density at radius 2 is 1.77 bits per heavy atom. The number of rotatable bonds is 8. The van der Waals surface area contributed by atoms with Gasteiger partial charge >= 0.3 is 5.97 Å². The van der Waals surface area contributed by atoms with Gasteiger partial charge in [-0.15, -0.1) is 0 Å². The molecule has 1 heterocycles. The van der Waals surface area contributed by atoms with Crippen molar-refractivity contribution in [2.75, 3.05) is 13.7 Å². The van der Waals surface area contributed by atoms with Gasteiger partial charge in [-0.2, -0.15) is 0 Å². The first-order chi connectivity index (χ1) is 20.8. The van der Waals surface area contributed by atoms with Crippen molar-refractivity contribution < 1.29 is 28.9 Å². The first-order valence-electron chi connectivity index (χ1n) is 13.5. The van der Waals surface area contributed by atoms with Crippen LogP contribution in [-0.4, -0.2) is 35.7 Å². The molecule has 0 atom stereocenters. The molecule has 1 aliphatic heterocycles. The molecular weight excluding hydrogens is 630 g/mol. The third-order valence-corrected chi connectivity index (χ3v) is 8.28. The summed E-state index contributed by atoms with van der Waals surface area (Å²) in [6.07, 6.45) is 1.68. The number of carbonyl (C=O) groups excluding carboxylic acids is 2. The van der Waals surface area contributed by atoms with Crippen molar-refractivity contribution in [3.05, 3.63) is 122 Å². The smallest absolute Gasteiger partial charge is 0.344 e. The van der Waals surface area contributed by atoms with E-state index in [-0.39, 0.29) is 23.0 Å². The number of ether oxygens (including phenoxy) is 3. The summed E-state index contributed by atoms with van der Waals surface area (Å²) in [5.41, 5.74) is 2.91. The molecule has 1 amide bonds. The largest absolute Gasteiger partial charge is 0.506 e. The second-order valence-electron chi connectivity index (χ2n) is 9.60. The van der Waals surface area contributed by atoms with Crippen LogP contribution in [0, 0.1) is 6.92 Å². The Labute approximate surface area is 262 Å². The van der Waals surface area contributed by atoms with Gasteiger partial charge in [0.25, 0.3) is 5.91 Å². The molecule has 0 aromatic heterocycles. The summed E-state index contributed by atoms with van der Waals surface area (Å²) in [7, 11) is 1.55. The van der Waals surface area contributed by atoms with Crippen molar-refractivity contribution in [3.63, 3.8) is 0 Å². The minimum absolute atomic E-state index is 0.0637. The number of methoxy groups -OCH3 is 1. The highest BCUT2D eigenvalue weighted by molar-refractivity contribution is 9.10. The average molecular weight is 659 g/mol.